The monoisotopic (exact) mass is 234 g/mol. The Bertz CT molecular complexity index is 365. The molecule has 3 nitrogen and oxygen atoms in total. The van der Waals surface area contributed by atoms with Gasteiger partial charge in [-0.25, -0.2) is 0 Å². The largest absolute Gasteiger partial charge is 0.394 e. The summed E-state index contributed by atoms with van der Waals surface area (Å²) in [5.41, 5.74) is 8.39. The summed E-state index contributed by atoms with van der Waals surface area (Å²) in [7, 11) is 0. The highest BCUT2D eigenvalue weighted by atomic mass is 16.3. The van der Waals surface area contributed by atoms with Gasteiger partial charge in [-0.2, -0.15) is 0 Å². The summed E-state index contributed by atoms with van der Waals surface area (Å²) in [4.78, 5) is 2.32. The average Bonchev–Trinajstić information content (AvgIpc) is 2.38. The molecule has 3 N–H and O–H groups in total. The Balaban J connectivity index is 2.31. The summed E-state index contributed by atoms with van der Waals surface area (Å²) in [5.74, 6) is 0. The first-order valence-electron chi connectivity index (χ1n) is 6.46. The van der Waals surface area contributed by atoms with E-state index in [0.29, 0.717) is 0 Å². The van der Waals surface area contributed by atoms with E-state index in [1.165, 1.54) is 24.1 Å². The van der Waals surface area contributed by atoms with Crippen LogP contribution in [-0.2, 0) is 0 Å². The Kier molecular flexibility index (Phi) is 4.02. The molecule has 94 valence electrons. The fourth-order valence-corrected chi connectivity index (χ4v) is 2.64. The van der Waals surface area contributed by atoms with Crippen molar-refractivity contribution in [2.75, 3.05) is 18.1 Å². The fourth-order valence-electron chi connectivity index (χ4n) is 2.64. The van der Waals surface area contributed by atoms with Gasteiger partial charge in [0, 0.05) is 18.3 Å². The van der Waals surface area contributed by atoms with Gasteiger partial charge in [-0.05, 0) is 37.8 Å². The lowest BCUT2D eigenvalue weighted by Gasteiger charge is -2.38. The van der Waals surface area contributed by atoms with Crippen LogP contribution in [0.15, 0.2) is 24.3 Å². The van der Waals surface area contributed by atoms with Crippen molar-refractivity contribution in [1.82, 2.24) is 0 Å². The zero-order chi connectivity index (χ0) is 12.3. The maximum Gasteiger partial charge on any atom is 0.0635 e. The topological polar surface area (TPSA) is 49.5 Å². The minimum Gasteiger partial charge on any atom is -0.394 e. The van der Waals surface area contributed by atoms with E-state index in [0.717, 1.165) is 13.0 Å². The quantitative estimate of drug-likeness (QED) is 0.841. The van der Waals surface area contributed by atoms with Crippen molar-refractivity contribution in [1.29, 1.82) is 0 Å². The van der Waals surface area contributed by atoms with Gasteiger partial charge >= 0.3 is 0 Å². The number of rotatable bonds is 3. The van der Waals surface area contributed by atoms with Gasteiger partial charge in [-0.15, -0.1) is 0 Å². The molecule has 1 heterocycles. The minimum atomic E-state index is 0.0347. The number of aliphatic hydroxyl groups excluding tert-OH is 1. The smallest absolute Gasteiger partial charge is 0.0635 e. The summed E-state index contributed by atoms with van der Waals surface area (Å²) in [6.45, 7) is 3.26. The van der Waals surface area contributed by atoms with Gasteiger partial charge in [0.05, 0.1) is 12.6 Å². The van der Waals surface area contributed by atoms with Crippen LogP contribution in [0.5, 0.6) is 0 Å². The lowest BCUT2D eigenvalue weighted by atomic mass is 9.98. The summed E-state index contributed by atoms with van der Waals surface area (Å²) in [5, 5.41) is 9.48. The second kappa shape index (κ2) is 5.52. The Morgan fingerprint density at radius 3 is 2.88 bits per heavy atom. The summed E-state index contributed by atoms with van der Waals surface area (Å²) in [6, 6.07) is 8.57. The molecule has 0 bridgehead atoms. The standard InChI is InChI=1S/C14H22N2O/c1-11(15)13-7-2-3-8-14(13)16-9-5-4-6-12(16)10-17/h2-3,7-8,11-12,17H,4-6,9-10,15H2,1H3. The normalized spacial score (nSPS) is 22.5. The molecule has 1 aliphatic rings. The third-order valence-corrected chi connectivity index (χ3v) is 3.57. The molecule has 0 saturated carbocycles. The predicted molar refractivity (Wildman–Crippen MR) is 71.1 cm³/mol. The van der Waals surface area contributed by atoms with Gasteiger partial charge < -0.3 is 15.7 Å². The van der Waals surface area contributed by atoms with E-state index in [-0.39, 0.29) is 18.7 Å². The van der Waals surface area contributed by atoms with Crippen LogP contribution in [-0.4, -0.2) is 24.3 Å². The molecule has 1 aromatic rings. The molecule has 1 aliphatic heterocycles. The average molecular weight is 234 g/mol. The first kappa shape index (κ1) is 12.4. The van der Waals surface area contributed by atoms with Crippen molar-refractivity contribution in [3.8, 4) is 0 Å². The van der Waals surface area contributed by atoms with Crippen LogP contribution in [0.25, 0.3) is 0 Å². The van der Waals surface area contributed by atoms with Crippen molar-refractivity contribution < 1.29 is 5.11 Å². The molecule has 1 fully saturated rings. The molecule has 3 heteroatoms. The van der Waals surface area contributed by atoms with Crippen molar-refractivity contribution in [2.45, 2.75) is 38.3 Å². The van der Waals surface area contributed by atoms with E-state index in [4.69, 9.17) is 5.73 Å². The number of para-hydroxylation sites is 1. The maximum atomic E-state index is 9.48. The highest BCUT2D eigenvalue weighted by Crippen LogP contribution is 2.30. The van der Waals surface area contributed by atoms with E-state index in [1.807, 2.05) is 19.1 Å². The van der Waals surface area contributed by atoms with E-state index in [9.17, 15) is 5.11 Å². The van der Waals surface area contributed by atoms with Crippen LogP contribution in [0.4, 0.5) is 5.69 Å². The van der Waals surface area contributed by atoms with Gasteiger partial charge in [0.2, 0.25) is 0 Å². The van der Waals surface area contributed by atoms with E-state index in [1.54, 1.807) is 0 Å². The molecular formula is C14H22N2O. The van der Waals surface area contributed by atoms with Gasteiger partial charge in [0.25, 0.3) is 0 Å². The summed E-state index contributed by atoms with van der Waals surface area (Å²) < 4.78 is 0. The number of hydrogen-bond acceptors (Lipinski definition) is 3. The second-order valence-electron chi connectivity index (χ2n) is 4.87. The Morgan fingerprint density at radius 2 is 2.18 bits per heavy atom. The Labute approximate surface area is 103 Å². The molecule has 0 radical (unpaired) electrons. The van der Waals surface area contributed by atoms with Gasteiger partial charge in [0.15, 0.2) is 0 Å². The molecule has 1 saturated heterocycles. The highest BCUT2D eigenvalue weighted by Gasteiger charge is 2.24. The zero-order valence-electron chi connectivity index (χ0n) is 10.5. The van der Waals surface area contributed by atoms with Crippen LogP contribution in [0.2, 0.25) is 0 Å². The highest BCUT2D eigenvalue weighted by molar-refractivity contribution is 5.56. The van der Waals surface area contributed by atoms with E-state index < -0.39 is 0 Å². The first-order chi connectivity index (χ1) is 8.24. The summed E-state index contributed by atoms with van der Waals surface area (Å²) >= 11 is 0. The zero-order valence-corrected chi connectivity index (χ0v) is 10.5. The van der Waals surface area contributed by atoms with Gasteiger partial charge in [-0.3, -0.25) is 0 Å². The maximum absolute atomic E-state index is 9.48. The lowest BCUT2D eigenvalue weighted by molar-refractivity contribution is 0.240. The van der Waals surface area contributed by atoms with E-state index >= 15 is 0 Å². The Morgan fingerprint density at radius 1 is 1.41 bits per heavy atom. The van der Waals surface area contributed by atoms with Gasteiger partial charge in [-0.1, -0.05) is 18.2 Å². The minimum absolute atomic E-state index is 0.0347. The molecule has 0 amide bonds. The van der Waals surface area contributed by atoms with Crippen molar-refractivity contribution in [2.24, 2.45) is 5.73 Å². The number of nitrogens with zero attached hydrogens (tertiary/aromatic N) is 1. The second-order valence-corrected chi connectivity index (χ2v) is 4.87. The van der Waals surface area contributed by atoms with Crippen molar-refractivity contribution in [3.63, 3.8) is 0 Å². The molecule has 2 atom stereocenters. The number of aliphatic hydroxyl groups is 1. The number of anilines is 1. The molecule has 1 aromatic carbocycles. The van der Waals surface area contributed by atoms with Crippen LogP contribution < -0.4 is 10.6 Å². The van der Waals surface area contributed by atoms with Crippen LogP contribution in [0.3, 0.4) is 0 Å². The number of piperidine rings is 1. The van der Waals surface area contributed by atoms with Crippen LogP contribution >= 0.6 is 0 Å². The van der Waals surface area contributed by atoms with Crippen molar-refractivity contribution in [3.05, 3.63) is 29.8 Å². The molecule has 2 unspecified atom stereocenters. The van der Waals surface area contributed by atoms with Crippen LogP contribution in [0, 0.1) is 0 Å². The predicted octanol–water partition coefficient (Wildman–Crippen LogP) is 2.06. The molecular weight excluding hydrogens is 212 g/mol. The lowest BCUT2D eigenvalue weighted by Crippen LogP contribution is -2.42. The molecule has 0 aliphatic carbocycles. The van der Waals surface area contributed by atoms with E-state index in [2.05, 4.69) is 17.0 Å². The molecule has 0 aromatic heterocycles. The molecule has 17 heavy (non-hydrogen) atoms. The first-order valence-corrected chi connectivity index (χ1v) is 6.46. The number of nitrogens with two attached hydrogens (primary N) is 1. The number of hydrogen-bond donors (Lipinski definition) is 2. The fraction of sp³-hybridized carbons (Fsp3) is 0.571. The molecule has 2 rings (SSSR count). The molecule has 0 spiro atoms. The van der Waals surface area contributed by atoms with Crippen molar-refractivity contribution >= 4 is 5.69 Å². The SMILES string of the molecule is CC(N)c1ccccc1N1CCCCC1CO. The Hall–Kier alpha value is -1.06. The third-order valence-electron chi connectivity index (χ3n) is 3.57. The van der Waals surface area contributed by atoms with Crippen LogP contribution in [0.1, 0.15) is 37.8 Å². The summed E-state index contributed by atoms with van der Waals surface area (Å²) in [6.07, 6.45) is 3.48. The van der Waals surface area contributed by atoms with Gasteiger partial charge in [0.1, 0.15) is 0 Å². The number of benzene rings is 1. The third kappa shape index (κ3) is 2.61.